The summed E-state index contributed by atoms with van der Waals surface area (Å²) < 4.78 is 13.0. The SMILES string of the molecule is FC12CCN(CC1)C2. The Hall–Kier alpha value is -0.110. The molecule has 0 amide bonds. The summed E-state index contributed by atoms with van der Waals surface area (Å²) in [5.74, 6) is 0. The van der Waals surface area contributed by atoms with Gasteiger partial charge in [0.25, 0.3) is 0 Å². The van der Waals surface area contributed by atoms with Crippen LogP contribution in [0, 0.1) is 0 Å². The van der Waals surface area contributed by atoms with Gasteiger partial charge in [0.05, 0.1) is 0 Å². The number of fused-ring (bicyclic) bond motifs is 2. The molecule has 2 heterocycles. The molecule has 0 unspecified atom stereocenters. The molecule has 0 aromatic rings. The van der Waals surface area contributed by atoms with Crippen LogP contribution in [-0.2, 0) is 0 Å². The summed E-state index contributed by atoms with van der Waals surface area (Å²) in [5.41, 5.74) is -0.764. The van der Waals surface area contributed by atoms with Crippen molar-refractivity contribution in [3.8, 4) is 0 Å². The molecule has 1 nitrogen and oxygen atoms in total. The van der Waals surface area contributed by atoms with Crippen LogP contribution in [0.3, 0.4) is 0 Å². The van der Waals surface area contributed by atoms with E-state index in [1.165, 1.54) is 0 Å². The van der Waals surface area contributed by atoms with E-state index in [4.69, 9.17) is 0 Å². The second-order valence-corrected chi connectivity index (χ2v) is 2.93. The van der Waals surface area contributed by atoms with Crippen LogP contribution in [0.25, 0.3) is 0 Å². The van der Waals surface area contributed by atoms with Crippen LogP contribution in [0.2, 0.25) is 0 Å². The fourth-order valence-corrected chi connectivity index (χ4v) is 1.67. The molecule has 0 aromatic carbocycles. The zero-order chi connectivity index (χ0) is 5.61. The van der Waals surface area contributed by atoms with Gasteiger partial charge in [-0.1, -0.05) is 0 Å². The summed E-state index contributed by atoms with van der Waals surface area (Å²) in [6, 6.07) is 0. The first-order valence-electron chi connectivity index (χ1n) is 3.20. The minimum absolute atomic E-state index is 0.715. The maximum Gasteiger partial charge on any atom is 0.126 e. The molecule has 2 bridgehead atoms. The highest BCUT2D eigenvalue weighted by atomic mass is 19.1. The van der Waals surface area contributed by atoms with E-state index in [0.29, 0.717) is 6.54 Å². The number of nitrogens with zero attached hydrogens (tertiary/aromatic N) is 1. The molecule has 0 atom stereocenters. The van der Waals surface area contributed by atoms with Crippen LogP contribution in [0.15, 0.2) is 0 Å². The summed E-state index contributed by atoms with van der Waals surface area (Å²) in [6.07, 6.45) is 1.57. The van der Waals surface area contributed by atoms with Gasteiger partial charge in [-0.3, -0.25) is 4.90 Å². The second kappa shape index (κ2) is 1.24. The van der Waals surface area contributed by atoms with Crippen LogP contribution in [0.4, 0.5) is 4.39 Å². The minimum atomic E-state index is -0.764. The Morgan fingerprint density at radius 1 is 1.25 bits per heavy atom. The molecule has 0 radical (unpaired) electrons. The van der Waals surface area contributed by atoms with Gasteiger partial charge in [0, 0.05) is 19.6 Å². The topological polar surface area (TPSA) is 3.24 Å². The van der Waals surface area contributed by atoms with E-state index in [9.17, 15) is 4.39 Å². The molecule has 8 heavy (non-hydrogen) atoms. The molecular weight excluding hydrogens is 105 g/mol. The third kappa shape index (κ3) is 0.494. The normalized spacial score (nSPS) is 52.9. The predicted molar refractivity (Wildman–Crippen MR) is 29.5 cm³/mol. The summed E-state index contributed by atoms with van der Waals surface area (Å²) in [4.78, 5) is 2.19. The van der Waals surface area contributed by atoms with Crippen molar-refractivity contribution in [2.75, 3.05) is 19.6 Å². The Kier molecular flexibility index (Phi) is 0.734. The Labute approximate surface area is 48.5 Å². The van der Waals surface area contributed by atoms with Crippen LogP contribution < -0.4 is 0 Å². The van der Waals surface area contributed by atoms with Crippen LogP contribution >= 0.6 is 0 Å². The van der Waals surface area contributed by atoms with Gasteiger partial charge in [-0.05, 0) is 12.8 Å². The fraction of sp³-hybridized carbons (Fsp3) is 1.00. The highest BCUT2D eigenvalue weighted by Crippen LogP contribution is 2.35. The van der Waals surface area contributed by atoms with Gasteiger partial charge in [0.2, 0.25) is 0 Å². The molecule has 2 fully saturated rings. The molecule has 2 aliphatic heterocycles. The molecule has 2 aliphatic rings. The Morgan fingerprint density at radius 3 is 2.00 bits per heavy atom. The molecule has 0 aromatic heterocycles. The average Bonchev–Trinajstić information content (AvgIpc) is 2.21. The summed E-state index contributed by atoms with van der Waals surface area (Å²) in [7, 11) is 0. The van der Waals surface area contributed by atoms with E-state index in [-0.39, 0.29) is 0 Å². The monoisotopic (exact) mass is 115 g/mol. The largest absolute Gasteiger partial charge is 0.300 e. The van der Waals surface area contributed by atoms with Crippen LogP contribution in [0.1, 0.15) is 12.8 Å². The van der Waals surface area contributed by atoms with Crippen LogP contribution in [0.5, 0.6) is 0 Å². The Bertz CT molecular complexity index is 105. The van der Waals surface area contributed by atoms with Gasteiger partial charge in [0.15, 0.2) is 0 Å². The summed E-state index contributed by atoms with van der Waals surface area (Å²) in [6.45, 7) is 2.71. The van der Waals surface area contributed by atoms with E-state index in [0.717, 1.165) is 25.9 Å². The number of hydrogen-bond donors (Lipinski definition) is 0. The number of alkyl halides is 1. The maximum absolute atomic E-state index is 13.0. The smallest absolute Gasteiger partial charge is 0.126 e. The van der Waals surface area contributed by atoms with E-state index in [2.05, 4.69) is 4.90 Å². The third-order valence-corrected chi connectivity index (χ3v) is 2.26. The molecule has 2 heteroatoms. The van der Waals surface area contributed by atoms with Gasteiger partial charge in [0.1, 0.15) is 5.67 Å². The maximum atomic E-state index is 13.0. The highest BCUT2D eigenvalue weighted by molar-refractivity contribution is 4.97. The van der Waals surface area contributed by atoms with Gasteiger partial charge in [-0.2, -0.15) is 0 Å². The zero-order valence-corrected chi connectivity index (χ0v) is 4.86. The number of rotatable bonds is 0. The first-order chi connectivity index (χ1) is 3.79. The predicted octanol–water partition coefficient (Wildman–Crippen LogP) is 0.804. The average molecular weight is 115 g/mol. The molecule has 0 N–H and O–H groups in total. The lowest BCUT2D eigenvalue weighted by Gasteiger charge is -2.13. The van der Waals surface area contributed by atoms with Crippen molar-refractivity contribution in [3.63, 3.8) is 0 Å². The lowest BCUT2D eigenvalue weighted by atomic mass is 10.0. The Balaban J connectivity index is 2.19. The van der Waals surface area contributed by atoms with Crippen molar-refractivity contribution in [3.05, 3.63) is 0 Å². The van der Waals surface area contributed by atoms with Crippen molar-refractivity contribution >= 4 is 0 Å². The van der Waals surface area contributed by atoms with Gasteiger partial charge >= 0.3 is 0 Å². The Morgan fingerprint density at radius 2 is 1.88 bits per heavy atom. The first-order valence-corrected chi connectivity index (χ1v) is 3.20. The van der Waals surface area contributed by atoms with Gasteiger partial charge < -0.3 is 0 Å². The first kappa shape index (κ1) is 4.74. The molecule has 2 rings (SSSR count). The van der Waals surface area contributed by atoms with Crippen molar-refractivity contribution < 1.29 is 4.39 Å². The fourth-order valence-electron chi connectivity index (χ4n) is 1.67. The van der Waals surface area contributed by atoms with Crippen molar-refractivity contribution in [1.82, 2.24) is 4.90 Å². The molecule has 2 saturated heterocycles. The molecule has 46 valence electrons. The number of piperidine rings is 1. The van der Waals surface area contributed by atoms with Gasteiger partial charge in [-0.25, -0.2) is 4.39 Å². The molecule has 0 aliphatic carbocycles. The number of hydrogen-bond acceptors (Lipinski definition) is 1. The van der Waals surface area contributed by atoms with Crippen LogP contribution in [-0.4, -0.2) is 30.2 Å². The zero-order valence-electron chi connectivity index (χ0n) is 4.86. The standard InChI is InChI=1S/C6H10FN/c7-6-1-3-8(5-6)4-2-6/h1-5H2. The van der Waals surface area contributed by atoms with E-state index in [1.807, 2.05) is 0 Å². The van der Waals surface area contributed by atoms with E-state index >= 15 is 0 Å². The van der Waals surface area contributed by atoms with E-state index in [1.54, 1.807) is 0 Å². The quantitative estimate of drug-likeness (QED) is 0.451. The molecule has 0 saturated carbocycles. The minimum Gasteiger partial charge on any atom is -0.300 e. The van der Waals surface area contributed by atoms with Crippen molar-refractivity contribution in [1.29, 1.82) is 0 Å². The van der Waals surface area contributed by atoms with Crippen molar-refractivity contribution in [2.45, 2.75) is 18.5 Å². The summed E-state index contributed by atoms with van der Waals surface area (Å²) in [5, 5.41) is 0. The highest BCUT2D eigenvalue weighted by Gasteiger charge is 2.43. The van der Waals surface area contributed by atoms with E-state index < -0.39 is 5.67 Å². The third-order valence-electron chi connectivity index (χ3n) is 2.26. The lowest BCUT2D eigenvalue weighted by molar-refractivity contribution is 0.198. The second-order valence-electron chi connectivity index (χ2n) is 2.93. The molecular formula is C6H10FN. The lowest BCUT2D eigenvalue weighted by Crippen LogP contribution is -2.20. The van der Waals surface area contributed by atoms with Gasteiger partial charge in [-0.15, -0.1) is 0 Å². The number of halogens is 1. The summed E-state index contributed by atoms with van der Waals surface area (Å²) >= 11 is 0. The van der Waals surface area contributed by atoms with Crippen molar-refractivity contribution in [2.24, 2.45) is 0 Å². The molecule has 0 spiro atoms.